The summed E-state index contributed by atoms with van der Waals surface area (Å²) in [5.74, 6) is -3.90. The molecular formula is C18H11F6N3O4. The third kappa shape index (κ3) is 4.25. The molecule has 0 bridgehead atoms. The Morgan fingerprint density at radius 3 is 2.03 bits per heavy atom. The number of hydrogen-bond donors (Lipinski definition) is 2. The Hall–Kier alpha value is -3.77. The molecule has 2 aromatic carbocycles. The lowest BCUT2D eigenvalue weighted by Crippen LogP contribution is -2.69. The Bertz CT molecular complexity index is 1010. The number of imide groups is 1. The van der Waals surface area contributed by atoms with Gasteiger partial charge in [-0.15, -0.1) is 13.2 Å². The summed E-state index contributed by atoms with van der Waals surface area (Å²) in [6.45, 7) is 0. The molecule has 0 aromatic heterocycles. The molecule has 4 amide bonds. The molecule has 1 aliphatic heterocycles. The molecule has 0 radical (unpaired) electrons. The third-order valence-corrected chi connectivity index (χ3v) is 4.11. The van der Waals surface area contributed by atoms with Crippen LogP contribution in [0.4, 0.5) is 36.8 Å². The molecular weight excluding hydrogens is 436 g/mol. The van der Waals surface area contributed by atoms with Gasteiger partial charge in [0.15, 0.2) is 0 Å². The summed E-state index contributed by atoms with van der Waals surface area (Å²) >= 11 is 0. The Morgan fingerprint density at radius 2 is 1.52 bits per heavy atom. The molecule has 164 valence electrons. The van der Waals surface area contributed by atoms with Gasteiger partial charge in [-0.3, -0.25) is 14.9 Å². The number of carbonyl (C=O) groups is 3. The number of carbonyl (C=O) groups excluding carboxylic acids is 3. The molecule has 1 heterocycles. The molecule has 0 spiro atoms. The highest BCUT2D eigenvalue weighted by Crippen LogP contribution is 2.36. The predicted octanol–water partition coefficient (Wildman–Crippen LogP) is 3.33. The highest BCUT2D eigenvalue weighted by molar-refractivity contribution is 6.24. The number of alkyl halides is 6. The zero-order valence-corrected chi connectivity index (χ0v) is 15.0. The van der Waals surface area contributed by atoms with Crippen LogP contribution in [0.15, 0.2) is 54.6 Å². The molecule has 2 N–H and O–H groups in total. The van der Waals surface area contributed by atoms with Crippen LogP contribution in [-0.4, -0.2) is 36.0 Å². The molecule has 1 atom stereocenters. The lowest BCUT2D eigenvalue weighted by atomic mass is 10.1. The van der Waals surface area contributed by atoms with Crippen molar-refractivity contribution in [1.82, 2.24) is 10.6 Å². The normalized spacial score (nSPS) is 19.2. The van der Waals surface area contributed by atoms with Crippen molar-refractivity contribution in [1.29, 1.82) is 0 Å². The maximum atomic E-state index is 13.8. The average molecular weight is 447 g/mol. The second-order valence-electron chi connectivity index (χ2n) is 6.18. The molecule has 0 aliphatic carbocycles. The number of hydrogen-bond acceptors (Lipinski definition) is 4. The first kappa shape index (κ1) is 21.9. The minimum Gasteiger partial charge on any atom is -0.406 e. The molecule has 1 unspecified atom stereocenters. The second-order valence-corrected chi connectivity index (χ2v) is 6.18. The van der Waals surface area contributed by atoms with Crippen molar-refractivity contribution >= 4 is 23.5 Å². The van der Waals surface area contributed by atoms with Gasteiger partial charge in [0.25, 0.3) is 17.5 Å². The van der Waals surface area contributed by atoms with Gasteiger partial charge in [0, 0.05) is 5.56 Å². The lowest BCUT2D eigenvalue weighted by molar-refractivity contribution is -0.274. The van der Waals surface area contributed by atoms with Gasteiger partial charge in [-0.1, -0.05) is 18.2 Å². The highest BCUT2D eigenvalue weighted by atomic mass is 19.4. The molecule has 0 saturated carbocycles. The van der Waals surface area contributed by atoms with Gasteiger partial charge in [-0.05, 0) is 36.4 Å². The quantitative estimate of drug-likeness (QED) is 0.556. The Balaban J connectivity index is 1.93. The van der Waals surface area contributed by atoms with Crippen LogP contribution in [0.5, 0.6) is 5.75 Å². The minimum absolute atomic E-state index is 0.0517. The number of ether oxygens (including phenoxy) is 1. The van der Waals surface area contributed by atoms with Crippen LogP contribution < -0.4 is 20.3 Å². The monoisotopic (exact) mass is 447 g/mol. The summed E-state index contributed by atoms with van der Waals surface area (Å²) < 4.78 is 81.9. The van der Waals surface area contributed by atoms with E-state index in [0.29, 0.717) is 12.1 Å². The number of rotatable bonds is 4. The lowest BCUT2D eigenvalue weighted by Gasteiger charge is -2.29. The number of nitrogens with zero attached hydrogens (tertiary/aromatic N) is 1. The first-order valence-electron chi connectivity index (χ1n) is 8.31. The van der Waals surface area contributed by atoms with Crippen molar-refractivity contribution in [2.24, 2.45) is 0 Å². The summed E-state index contributed by atoms with van der Waals surface area (Å²) in [4.78, 5) is 37.2. The molecule has 1 saturated heterocycles. The van der Waals surface area contributed by atoms with E-state index in [9.17, 15) is 40.7 Å². The topological polar surface area (TPSA) is 87.7 Å². The number of benzene rings is 2. The average Bonchev–Trinajstić information content (AvgIpc) is 2.92. The smallest absolute Gasteiger partial charge is 0.406 e. The van der Waals surface area contributed by atoms with E-state index in [1.807, 2.05) is 0 Å². The highest BCUT2D eigenvalue weighted by Gasteiger charge is 2.69. The van der Waals surface area contributed by atoms with Gasteiger partial charge in [-0.2, -0.15) is 13.2 Å². The second kappa shape index (κ2) is 7.49. The van der Waals surface area contributed by atoms with E-state index in [0.717, 1.165) is 12.1 Å². The number of amides is 4. The summed E-state index contributed by atoms with van der Waals surface area (Å²) in [5.41, 5.74) is -4.46. The van der Waals surface area contributed by atoms with Gasteiger partial charge in [0.05, 0.1) is 5.69 Å². The maximum absolute atomic E-state index is 13.8. The van der Waals surface area contributed by atoms with Crippen LogP contribution in [0.3, 0.4) is 0 Å². The molecule has 1 fully saturated rings. The van der Waals surface area contributed by atoms with Gasteiger partial charge in [-0.25, -0.2) is 9.69 Å². The van der Waals surface area contributed by atoms with E-state index in [2.05, 4.69) is 4.74 Å². The summed E-state index contributed by atoms with van der Waals surface area (Å²) in [7, 11) is 0. The summed E-state index contributed by atoms with van der Waals surface area (Å²) in [6, 6.07) is 8.08. The standard InChI is InChI=1S/C18H11F6N3O4/c19-17(20,21)16(25-13(28)10-4-2-1-3-5-10)14(29)27(15(30)26-16)11-6-8-12(9-7-11)31-18(22,23)24/h1-9H,(H,25,28)(H,26,30). The first-order chi connectivity index (χ1) is 14.3. The fraction of sp³-hybridized carbons (Fsp3) is 0.167. The first-order valence-corrected chi connectivity index (χ1v) is 8.31. The molecule has 1 aliphatic rings. The number of anilines is 1. The Kier molecular flexibility index (Phi) is 5.29. The summed E-state index contributed by atoms with van der Waals surface area (Å²) in [6.07, 6.45) is -10.5. The minimum atomic E-state index is -5.45. The van der Waals surface area contributed by atoms with Crippen LogP contribution >= 0.6 is 0 Å². The van der Waals surface area contributed by atoms with Crippen molar-refractivity contribution in [2.75, 3.05) is 4.90 Å². The maximum Gasteiger partial charge on any atom is 0.573 e. The number of urea groups is 1. The van der Waals surface area contributed by atoms with Crippen LogP contribution in [0.25, 0.3) is 0 Å². The van der Waals surface area contributed by atoms with Crippen molar-refractivity contribution < 1.29 is 45.5 Å². The van der Waals surface area contributed by atoms with Gasteiger partial charge >= 0.3 is 18.6 Å². The van der Waals surface area contributed by atoms with Crippen molar-refractivity contribution in [2.45, 2.75) is 18.2 Å². The number of nitrogens with one attached hydrogen (secondary N) is 2. The van der Waals surface area contributed by atoms with Gasteiger partial charge in [0.1, 0.15) is 5.75 Å². The van der Waals surface area contributed by atoms with Crippen LogP contribution in [0.2, 0.25) is 0 Å². The van der Waals surface area contributed by atoms with Gasteiger partial charge < -0.3 is 10.1 Å². The zero-order valence-electron chi connectivity index (χ0n) is 15.0. The fourth-order valence-corrected chi connectivity index (χ4v) is 2.74. The number of halogens is 6. The summed E-state index contributed by atoms with van der Waals surface area (Å²) in [5, 5.41) is 2.94. The van der Waals surface area contributed by atoms with E-state index in [-0.39, 0.29) is 10.5 Å². The van der Waals surface area contributed by atoms with Gasteiger partial charge in [0.2, 0.25) is 0 Å². The van der Waals surface area contributed by atoms with E-state index < -0.39 is 47.5 Å². The van der Waals surface area contributed by atoms with E-state index >= 15 is 0 Å². The zero-order chi connectivity index (χ0) is 23.0. The Morgan fingerprint density at radius 1 is 0.935 bits per heavy atom. The largest absolute Gasteiger partial charge is 0.573 e. The third-order valence-electron chi connectivity index (χ3n) is 4.11. The Labute approximate surface area is 169 Å². The van der Waals surface area contributed by atoms with Crippen molar-refractivity contribution in [3.05, 3.63) is 60.2 Å². The fourth-order valence-electron chi connectivity index (χ4n) is 2.74. The molecule has 31 heavy (non-hydrogen) atoms. The van der Waals surface area contributed by atoms with Crippen molar-refractivity contribution in [3.63, 3.8) is 0 Å². The van der Waals surface area contributed by atoms with E-state index in [1.165, 1.54) is 41.0 Å². The molecule has 7 nitrogen and oxygen atoms in total. The SMILES string of the molecule is O=C(NC1(C(F)(F)F)NC(=O)N(c2ccc(OC(F)(F)F)cc2)C1=O)c1ccccc1. The van der Waals surface area contributed by atoms with Crippen molar-refractivity contribution in [3.8, 4) is 5.75 Å². The molecule has 13 heteroatoms. The van der Waals surface area contributed by atoms with E-state index in [1.54, 1.807) is 0 Å². The van der Waals surface area contributed by atoms with Crippen LogP contribution in [0, 0.1) is 0 Å². The molecule has 2 aromatic rings. The van der Waals surface area contributed by atoms with Crippen LogP contribution in [0.1, 0.15) is 10.4 Å². The van der Waals surface area contributed by atoms with Crippen LogP contribution in [-0.2, 0) is 4.79 Å². The molecule has 3 rings (SSSR count). The van der Waals surface area contributed by atoms with E-state index in [4.69, 9.17) is 0 Å². The predicted molar refractivity (Wildman–Crippen MR) is 91.8 cm³/mol.